The van der Waals surface area contributed by atoms with Crippen molar-refractivity contribution in [3.8, 4) is 58.7 Å². The van der Waals surface area contributed by atoms with Crippen molar-refractivity contribution in [2.45, 2.75) is 12.4 Å². The number of benzene rings is 4. The van der Waals surface area contributed by atoms with Crippen LogP contribution in [0, 0.1) is 68.0 Å². The fraction of sp³-hybridized carbons (Fsp3) is 0.0526. The van der Waals surface area contributed by atoms with Gasteiger partial charge in [0.15, 0.2) is 0 Å². The predicted octanol–water partition coefficient (Wildman–Crippen LogP) is 9.34. The Morgan fingerprint density at radius 1 is 0.460 bits per heavy atom. The fourth-order valence-corrected chi connectivity index (χ4v) is 6.44. The minimum atomic E-state index is -4.92. The van der Waals surface area contributed by atoms with Gasteiger partial charge >= 0.3 is 12.4 Å². The van der Waals surface area contributed by atoms with E-state index >= 15 is 0 Å². The van der Waals surface area contributed by atoms with Crippen LogP contribution in [0.3, 0.4) is 0 Å². The Morgan fingerprint density at radius 2 is 0.800 bits per heavy atom. The number of nitrogens with zero attached hydrogens (tertiary/aromatic N) is 6. The van der Waals surface area contributed by atoms with Crippen LogP contribution in [0.25, 0.3) is 44.5 Å². The van der Waals surface area contributed by atoms with E-state index in [9.17, 15) is 57.9 Å². The highest BCUT2D eigenvalue weighted by molar-refractivity contribution is 6.39. The molecule has 0 bridgehead atoms. The van der Waals surface area contributed by atoms with Gasteiger partial charge in [-0.25, -0.2) is 0 Å². The highest BCUT2D eigenvalue weighted by Gasteiger charge is 2.43. The smallest absolute Gasteiger partial charge is 0.192 e. The zero-order valence-corrected chi connectivity index (χ0v) is 24.9. The maximum atomic E-state index is 14.1. The van der Waals surface area contributed by atoms with E-state index in [1.54, 1.807) is 0 Å². The molecule has 6 rings (SSSR count). The van der Waals surface area contributed by atoms with Gasteiger partial charge in [-0.2, -0.15) is 57.9 Å². The molecule has 236 valence electrons. The molecular weight excluding hydrogens is 654 g/mol. The third kappa shape index (κ3) is 4.85. The summed E-state index contributed by atoms with van der Waals surface area (Å²) in [6.07, 6.45) is -9.84. The number of hydrogen-bond acceptors (Lipinski definition) is 6. The molecule has 0 atom stereocenters. The molecule has 2 aliphatic carbocycles. The first-order valence-corrected chi connectivity index (χ1v) is 14.2. The minimum absolute atomic E-state index is 0.00448. The molecule has 0 unspecified atom stereocenters. The number of rotatable bonds is 2. The van der Waals surface area contributed by atoms with Gasteiger partial charge in [-0.1, -0.05) is 48.5 Å². The summed E-state index contributed by atoms with van der Waals surface area (Å²) in [4.78, 5) is 0. The van der Waals surface area contributed by atoms with E-state index in [1.807, 2.05) is 24.3 Å². The zero-order chi connectivity index (χ0) is 36.1. The van der Waals surface area contributed by atoms with Gasteiger partial charge < -0.3 is 0 Å². The molecule has 50 heavy (non-hydrogen) atoms. The van der Waals surface area contributed by atoms with Crippen LogP contribution in [-0.2, 0) is 12.4 Å². The van der Waals surface area contributed by atoms with Crippen LogP contribution in [0.15, 0.2) is 83.9 Å². The summed E-state index contributed by atoms with van der Waals surface area (Å²) in [6, 6.07) is 25.3. The second kappa shape index (κ2) is 11.7. The molecule has 0 fully saturated rings. The molecule has 6 nitrogen and oxygen atoms in total. The van der Waals surface area contributed by atoms with Crippen LogP contribution < -0.4 is 0 Å². The first-order chi connectivity index (χ1) is 23.8. The van der Waals surface area contributed by atoms with Crippen molar-refractivity contribution in [2.75, 3.05) is 0 Å². The zero-order valence-electron chi connectivity index (χ0n) is 24.9. The summed E-state index contributed by atoms with van der Waals surface area (Å²) in [5.74, 6) is 0. The van der Waals surface area contributed by atoms with Gasteiger partial charge in [-0.3, -0.25) is 0 Å². The largest absolute Gasteiger partial charge is 0.417 e. The Kier molecular flexibility index (Phi) is 7.62. The summed E-state index contributed by atoms with van der Waals surface area (Å²) >= 11 is 0. The van der Waals surface area contributed by atoms with Crippen LogP contribution in [-0.4, -0.2) is 0 Å². The molecule has 0 radical (unpaired) electrons. The molecule has 0 heterocycles. The van der Waals surface area contributed by atoms with Crippen LogP contribution in [0.1, 0.15) is 44.5 Å². The summed E-state index contributed by atoms with van der Waals surface area (Å²) in [7, 11) is 0. The normalized spacial score (nSPS) is 12.7. The Morgan fingerprint density at radius 3 is 1.10 bits per heavy atom. The number of halogens is 6. The lowest BCUT2D eigenvalue weighted by Gasteiger charge is -2.18. The van der Waals surface area contributed by atoms with Gasteiger partial charge in [0, 0.05) is 22.3 Å². The van der Waals surface area contributed by atoms with E-state index in [0.717, 1.165) is 24.3 Å². The van der Waals surface area contributed by atoms with Crippen molar-refractivity contribution in [2.24, 2.45) is 0 Å². The lowest BCUT2D eigenvalue weighted by molar-refractivity contribution is -0.138. The standard InChI is InChI=1S/C38H12F6N6/c39-37(40,41)29-11-19(7-9-21(29)13-45)25-3-1-5-27-31(23(15-47)16-48)35-34-26(20-8-10-22(14-46)30(12-20)38(42,43)44)4-2-6-28(34)32(24(17-49)18-50)36(35)33(25)27/h1-12H. The molecule has 12 heteroatoms. The van der Waals surface area contributed by atoms with E-state index in [0.29, 0.717) is 0 Å². The predicted molar refractivity (Wildman–Crippen MR) is 166 cm³/mol. The molecule has 0 amide bonds. The van der Waals surface area contributed by atoms with Crippen molar-refractivity contribution < 1.29 is 26.3 Å². The van der Waals surface area contributed by atoms with E-state index in [-0.39, 0.29) is 66.8 Å². The van der Waals surface area contributed by atoms with Gasteiger partial charge in [0.2, 0.25) is 0 Å². The van der Waals surface area contributed by atoms with Crippen molar-refractivity contribution in [1.82, 2.24) is 0 Å². The second-order valence-corrected chi connectivity index (χ2v) is 10.9. The molecule has 0 saturated carbocycles. The Balaban J connectivity index is 1.80. The van der Waals surface area contributed by atoms with Gasteiger partial charge in [0.05, 0.1) is 34.4 Å². The maximum absolute atomic E-state index is 14.1. The summed E-state index contributed by atoms with van der Waals surface area (Å²) in [5.41, 5.74) is -3.49. The Labute approximate surface area is 279 Å². The summed E-state index contributed by atoms with van der Waals surface area (Å²) in [5, 5.41) is 59.1. The molecule has 4 aromatic rings. The van der Waals surface area contributed by atoms with Crippen molar-refractivity contribution >= 4 is 22.3 Å². The van der Waals surface area contributed by atoms with E-state index in [4.69, 9.17) is 0 Å². The monoisotopic (exact) mass is 666 g/mol. The maximum Gasteiger partial charge on any atom is 0.417 e. The summed E-state index contributed by atoms with van der Waals surface area (Å²) in [6.45, 7) is 0. The average molecular weight is 667 g/mol. The molecule has 2 aliphatic rings. The Bertz CT molecular complexity index is 2370. The molecule has 0 spiro atoms. The van der Waals surface area contributed by atoms with Crippen molar-refractivity contribution in [3.63, 3.8) is 0 Å². The quantitative estimate of drug-likeness (QED) is 0.154. The van der Waals surface area contributed by atoms with E-state index in [2.05, 4.69) is 0 Å². The van der Waals surface area contributed by atoms with Gasteiger partial charge in [0.25, 0.3) is 0 Å². The molecule has 0 aliphatic heterocycles. The minimum Gasteiger partial charge on any atom is -0.192 e. The highest BCUT2D eigenvalue weighted by atomic mass is 19.4. The fourth-order valence-electron chi connectivity index (χ4n) is 6.44. The van der Waals surface area contributed by atoms with Crippen LogP contribution in [0.4, 0.5) is 26.3 Å². The number of fused-ring (bicyclic) bond motifs is 4. The van der Waals surface area contributed by atoms with Crippen LogP contribution >= 0.6 is 0 Å². The number of allylic oxidation sites excluding steroid dienone is 6. The Hall–Kier alpha value is -7.38. The third-order valence-electron chi connectivity index (χ3n) is 8.38. The van der Waals surface area contributed by atoms with Crippen molar-refractivity contribution in [1.29, 1.82) is 31.6 Å². The average Bonchev–Trinajstić information content (AvgIpc) is 3.61. The molecule has 0 saturated heterocycles. The van der Waals surface area contributed by atoms with Crippen LogP contribution in [0.2, 0.25) is 0 Å². The second-order valence-electron chi connectivity index (χ2n) is 10.9. The molecular formula is C38H12F6N6. The summed E-state index contributed by atoms with van der Waals surface area (Å²) < 4.78 is 84.4. The van der Waals surface area contributed by atoms with Gasteiger partial charge in [-0.05, 0) is 68.8 Å². The van der Waals surface area contributed by atoms with Gasteiger partial charge in [-0.15, -0.1) is 0 Å². The lowest BCUT2D eigenvalue weighted by Crippen LogP contribution is -2.08. The van der Waals surface area contributed by atoms with E-state index in [1.165, 1.54) is 60.7 Å². The lowest BCUT2D eigenvalue weighted by atomic mass is 9.84. The first kappa shape index (κ1) is 32.6. The number of alkyl halides is 6. The molecule has 4 aromatic carbocycles. The highest BCUT2D eigenvalue weighted by Crippen LogP contribution is 2.62. The number of nitriles is 6. The SMILES string of the molecule is N#CC(C#N)=C1C2=C(C(=C(C#N)C#N)c3cccc(-c4ccc(C#N)c(C(F)(F)F)c4)c32)c2c1cccc2-c1ccc(C#N)c(C(F)(F)F)c1. The topological polar surface area (TPSA) is 143 Å². The van der Waals surface area contributed by atoms with E-state index < -0.39 is 45.8 Å². The van der Waals surface area contributed by atoms with Gasteiger partial charge in [0.1, 0.15) is 35.4 Å². The first-order valence-electron chi connectivity index (χ1n) is 14.2. The number of hydrogen-bond donors (Lipinski definition) is 0. The third-order valence-corrected chi connectivity index (χ3v) is 8.38. The van der Waals surface area contributed by atoms with Crippen LogP contribution in [0.5, 0.6) is 0 Å². The molecule has 0 N–H and O–H groups in total. The van der Waals surface area contributed by atoms with Crippen molar-refractivity contribution in [3.05, 3.63) is 128 Å². The molecule has 0 aromatic heterocycles.